The van der Waals surface area contributed by atoms with Crippen LogP contribution in [-0.2, 0) is 6.42 Å². The van der Waals surface area contributed by atoms with Gasteiger partial charge in [-0.05, 0) is 30.5 Å². The Balaban J connectivity index is 2.09. The molecule has 1 aromatic carbocycles. The van der Waals surface area contributed by atoms with Gasteiger partial charge in [-0.1, -0.05) is 48.0 Å². The summed E-state index contributed by atoms with van der Waals surface area (Å²) in [7, 11) is 0. The van der Waals surface area contributed by atoms with Crippen LogP contribution in [0, 0.1) is 0 Å². The molecule has 20 heavy (non-hydrogen) atoms. The number of rotatable bonds is 6. The van der Waals surface area contributed by atoms with E-state index in [0.29, 0.717) is 12.5 Å². The minimum absolute atomic E-state index is 0.448. The first-order valence-corrected chi connectivity index (χ1v) is 7.91. The van der Waals surface area contributed by atoms with Gasteiger partial charge in [-0.2, -0.15) is 5.10 Å². The summed E-state index contributed by atoms with van der Waals surface area (Å²) in [5.41, 5.74) is 1.84. The summed E-state index contributed by atoms with van der Waals surface area (Å²) in [6.07, 6.45) is 4.17. The number of hydrogen-bond donors (Lipinski definition) is 1. The van der Waals surface area contributed by atoms with Crippen LogP contribution in [0.15, 0.2) is 41.0 Å². The smallest absolute Gasteiger partial charge is 0.0857 e. The average molecular weight is 337 g/mol. The molecule has 0 spiro atoms. The molecule has 0 aliphatic heterocycles. The van der Waals surface area contributed by atoms with Crippen molar-refractivity contribution in [2.24, 2.45) is 0 Å². The van der Waals surface area contributed by atoms with Crippen molar-refractivity contribution >= 4 is 15.9 Å². The molecule has 1 N–H and O–H groups in total. The average Bonchev–Trinajstić information content (AvgIpc) is 2.89. The molecule has 3 nitrogen and oxygen atoms in total. The molecule has 0 aliphatic carbocycles. The summed E-state index contributed by atoms with van der Waals surface area (Å²) in [6, 6.07) is 10.2. The van der Waals surface area contributed by atoms with Gasteiger partial charge in [0.1, 0.15) is 0 Å². The molecule has 0 saturated heterocycles. The van der Waals surface area contributed by atoms with E-state index in [1.165, 1.54) is 0 Å². The van der Waals surface area contributed by atoms with Crippen molar-refractivity contribution in [1.82, 2.24) is 9.78 Å². The third kappa shape index (κ3) is 3.49. The molecule has 0 saturated carbocycles. The van der Waals surface area contributed by atoms with Crippen LogP contribution in [0.4, 0.5) is 0 Å². The van der Waals surface area contributed by atoms with E-state index in [0.717, 1.165) is 28.6 Å². The van der Waals surface area contributed by atoms with Crippen LogP contribution in [0.5, 0.6) is 0 Å². The lowest BCUT2D eigenvalue weighted by Crippen LogP contribution is -2.09. The van der Waals surface area contributed by atoms with Crippen molar-refractivity contribution in [2.45, 2.75) is 45.3 Å². The van der Waals surface area contributed by atoms with E-state index in [9.17, 15) is 5.11 Å². The maximum absolute atomic E-state index is 10.3. The van der Waals surface area contributed by atoms with Crippen LogP contribution in [0.25, 0.3) is 0 Å². The molecule has 2 rings (SSSR count). The van der Waals surface area contributed by atoms with E-state index in [2.05, 4.69) is 34.9 Å². The molecule has 1 aromatic heterocycles. The monoisotopic (exact) mass is 336 g/mol. The molecule has 108 valence electrons. The molecule has 1 unspecified atom stereocenters. The highest BCUT2D eigenvalue weighted by atomic mass is 79.9. The topological polar surface area (TPSA) is 38.0 Å². The van der Waals surface area contributed by atoms with Crippen molar-refractivity contribution < 1.29 is 5.11 Å². The number of aliphatic hydroxyl groups excluding tert-OH is 1. The molecular weight excluding hydrogens is 316 g/mol. The van der Waals surface area contributed by atoms with Crippen molar-refractivity contribution in [3.05, 3.63) is 52.3 Å². The molecule has 0 radical (unpaired) electrons. The Morgan fingerprint density at radius 1 is 1.20 bits per heavy atom. The van der Waals surface area contributed by atoms with Crippen molar-refractivity contribution in [3.63, 3.8) is 0 Å². The number of benzene rings is 1. The largest absolute Gasteiger partial charge is 0.388 e. The normalized spacial score (nSPS) is 12.8. The second kappa shape index (κ2) is 7.04. The Kier molecular flexibility index (Phi) is 5.38. The molecule has 2 aromatic rings. The SMILES string of the molecule is CCC(CC)n1ccc(CC(O)c2ccccc2Br)n1. The lowest BCUT2D eigenvalue weighted by Gasteiger charge is -2.13. The quantitative estimate of drug-likeness (QED) is 0.854. The Morgan fingerprint density at radius 2 is 1.90 bits per heavy atom. The molecule has 0 bridgehead atoms. The summed E-state index contributed by atoms with van der Waals surface area (Å²) in [5, 5.41) is 14.9. The van der Waals surface area contributed by atoms with Crippen molar-refractivity contribution in [3.8, 4) is 0 Å². The summed E-state index contributed by atoms with van der Waals surface area (Å²) in [5.74, 6) is 0. The lowest BCUT2D eigenvalue weighted by atomic mass is 10.1. The van der Waals surface area contributed by atoms with Crippen LogP contribution >= 0.6 is 15.9 Å². The van der Waals surface area contributed by atoms with Gasteiger partial charge < -0.3 is 5.11 Å². The van der Waals surface area contributed by atoms with Gasteiger partial charge in [0.25, 0.3) is 0 Å². The Hall–Kier alpha value is -1.13. The van der Waals surface area contributed by atoms with E-state index in [1.54, 1.807) is 0 Å². The summed E-state index contributed by atoms with van der Waals surface area (Å²) >= 11 is 3.48. The number of aliphatic hydroxyl groups is 1. The summed E-state index contributed by atoms with van der Waals surface area (Å²) < 4.78 is 2.95. The molecule has 4 heteroatoms. The van der Waals surface area contributed by atoms with Gasteiger partial charge in [-0.3, -0.25) is 4.68 Å². The number of hydrogen-bond acceptors (Lipinski definition) is 2. The Labute approximate surface area is 128 Å². The molecule has 0 aliphatic rings. The molecule has 1 heterocycles. The van der Waals surface area contributed by atoms with E-state index < -0.39 is 6.10 Å². The van der Waals surface area contributed by atoms with Gasteiger partial charge in [-0.25, -0.2) is 0 Å². The Morgan fingerprint density at radius 3 is 2.55 bits per heavy atom. The van der Waals surface area contributed by atoms with Gasteiger partial charge in [0.2, 0.25) is 0 Å². The minimum Gasteiger partial charge on any atom is -0.388 e. The maximum atomic E-state index is 10.3. The molecule has 0 amide bonds. The highest BCUT2D eigenvalue weighted by Crippen LogP contribution is 2.25. The maximum Gasteiger partial charge on any atom is 0.0857 e. The van der Waals surface area contributed by atoms with Gasteiger partial charge >= 0.3 is 0 Å². The first kappa shape index (κ1) is 15.3. The predicted molar refractivity (Wildman–Crippen MR) is 84.7 cm³/mol. The van der Waals surface area contributed by atoms with E-state index >= 15 is 0 Å². The Bertz CT molecular complexity index is 549. The van der Waals surface area contributed by atoms with E-state index in [-0.39, 0.29) is 0 Å². The third-order valence-corrected chi connectivity index (χ3v) is 4.37. The van der Waals surface area contributed by atoms with Gasteiger partial charge in [0, 0.05) is 17.1 Å². The molecule has 0 fully saturated rings. The summed E-state index contributed by atoms with van der Waals surface area (Å²) in [6.45, 7) is 4.34. The van der Waals surface area contributed by atoms with Crippen LogP contribution in [0.3, 0.4) is 0 Å². The summed E-state index contributed by atoms with van der Waals surface area (Å²) in [4.78, 5) is 0. The lowest BCUT2D eigenvalue weighted by molar-refractivity contribution is 0.176. The fraction of sp³-hybridized carbons (Fsp3) is 0.438. The zero-order valence-electron chi connectivity index (χ0n) is 12.0. The highest BCUT2D eigenvalue weighted by molar-refractivity contribution is 9.10. The van der Waals surface area contributed by atoms with Crippen LogP contribution in [-0.4, -0.2) is 14.9 Å². The first-order chi connectivity index (χ1) is 9.65. The fourth-order valence-electron chi connectivity index (χ4n) is 2.41. The van der Waals surface area contributed by atoms with Gasteiger partial charge in [0.05, 0.1) is 17.8 Å². The first-order valence-electron chi connectivity index (χ1n) is 7.12. The molecule has 1 atom stereocenters. The van der Waals surface area contributed by atoms with Gasteiger partial charge in [-0.15, -0.1) is 0 Å². The van der Waals surface area contributed by atoms with Crippen molar-refractivity contribution in [1.29, 1.82) is 0 Å². The number of nitrogens with zero attached hydrogens (tertiary/aromatic N) is 2. The highest BCUT2D eigenvalue weighted by Gasteiger charge is 2.14. The number of aromatic nitrogens is 2. The minimum atomic E-state index is -0.532. The zero-order chi connectivity index (χ0) is 14.5. The van der Waals surface area contributed by atoms with Crippen LogP contribution < -0.4 is 0 Å². The van der Waals surface area contributed by atoms with E-state index in [1.807, 2.05) is 41.2 Å². The fourth-order valence-corrected chi connectivity index (χ4v) is 2.95. The number of halogens is 1. The zero-order valence-corrected chi connectivity index (χ0v) is 13.5. The predicted octanol–water partition coefficient (Wildman–Crippen LogP) is 4.28. The standard InChI is InChI=1S/C16H21BrN2O/c1-3-13(4-2)19-10-9-12(18-19)11-16(20)14-7-5-6-8-15(14)17/h5-10,13,16,20H,3-4,11H2,1-2H3. The second-order valence-electron chi connectivity index (χ2n) is 5.00. The van der Waals surface area contributed by atoms with Gasteiger partial charge in [0.15, 0.2) is 0 Å². The van der Waals surface area contributed by atoms with Crippen LogP contribution in [0.2, 0.25) is 0 Å². The van der Waals surface area contributed by atoms with Crippen LogP contribution in [0.1, 0.15) is 50.1 Å². The molecular formula is C16H21BrN2O. The second-order valence-corrected chi connectivity index (χ2v) is 5.85. The third-order valence-electron chi connectivity index (χ3n) is 3.65. The van der Waals surface area contributed by atoms with E-state index in [4.69, 9.17) is 0 Å². The van der Waals surface area contributed by atoms with Crippen molar-refractivity contribution in [2.75, 3.05) is 0 Å².